The maximum Gasteiger partial charge on any atom is 0.243 e. The maximum absolute atomic E-state index is 12.5. The van der Waals surface area contributed by atoms with Gasteiger partial charge in [0.1, 0.15) is 0 Å². The first-order chi connectivity index (χ1) is 12.6. The molecule has 2 N–H and O–H groups in total. The van der Waals surface area contributed by atoms with Crippen molar-refractivity contribution in [3.8, 4) is 0 Å². The number of carbonyl (C=O) groups excluding carboxylic acids is 2. The summed E-state index contributed by atoms with van der Waals surface area (Å²) in [5.41, 5.74) is 1.75. The normalized spacial score (nSPS) is 11.3. The minimum Gasteiger partial charge on any atom is -0.325 e. The van der Waals surface area contributed by atoms with Crippen LogP contribution < -0.4 is 10.6 Å². The van der Waals surface area contributed by atoms with E-state index in [-0.39, 0.29) is 22.4 Å². The van der Waals surface area contributed by atoms with Crippen molar-refractivity contribution in [1.29, 1.82) is 0 Å². The molecule has 0 radical (unpaired) electrons. The van der Waals surface area contributed by atoms with Crippen LogP contribution in [0.1, 0.15) is 12.5 Å². The van der Waals surface area contributed by atoms with Gasteiger partial charge in [0.15, 0.2) is 0 Å². The highest BCUT2D eigenvalue weighted by Gasteiger charge is 2.23. The molecule has 0 aromatic heterocycles. The summed E-state index contributed by atoms with van der Waals surface area (Å²) in [5, 5.41) is 5.39. The van der Waals surface area contributed by atoms with Gasteiger partial charge in [-0.25, -0.2) is 8.42 Å². The summed E-state index contributed by atoms with van der Waals surface area (Å²) in [6.07, 6.45) is 0. The molecule has 0 saturated carbocycles. The number of nitrogens with zero attached hydrogens (tertiary/aromatic N) is 1. The van der Waals surface area contributed by atoms with Crippen LogP contribution in [0.4, 0.5) is 11.4 Å². The molecule has 2 aromatic carbocycles. The van der Waals surface area contributed by atoms with Crippen molar-refractivity contribution in [2.24, 2.45) is 0 Å². The summed E-state index contributed by atoms with van der Waals surface area (Å²) in [6.45, 7) is 2.85. The third kappa shape index (κ3) is 5.53. The molecule has 0 aliphatic heterocycles. The van der Waals surface area contributed by atoms with Crippen LogP contribution >= 0.6 is 11.6 Å². The van der Waals surface area contributed by atoms with Gasteiger partial charge in [-0.3, -0.25) is 9.59 Å². The number of benzene rings is 2. The van der Waals surface area contributed by atoms with E-state index >= 15 is 0 Å². The van der Waals surface area contributed by atoms with Gasteiger partial charge in [0, 0.05) is 19.7 Å². The fraction of sp³-hybridized carbons (Fsp3) is 0.222. The van der Waals surface area contributed by atoms with Gasteiger partial charge in [0.2, 0.25) is 21.8 Å². The lowest BCUT2D eigenvalue weighted by molar-refractivity contribution is -0.116. The Kier molecular flexibility index (Phi) is 6.59. The predicted octanol–water partition coefficient (Wildman–Crippen LogP) is 2.87. The third-order valence-electron chi connectivity index (χ3n) is 3.66. The van der Waals surface area contributed by atoms with Crippen molar-refractivity contribution in [1.82, 2.24) is 4.31 Å². The topological polar surface area (TPSA) is 95.6 Å². The van der Waals surface area contributed by atoms with E-state index in [0.29, 0.717) is 11.4 Å². The van der Waals surface area contributed by atoms with Crippen LogP contribution in [0.25, 0.3) is 0 Å². The minimum atomic E-state index is -3.77. The Hall–Kier alpha value is -2.42. The zero-order valence-corrected chi connectivity index (χ0v) is 16.7. The van der Waals surface area contributed by atoms with E-state index in [2.05, 4.69) is 10.6 Å². The second-order valence-corrected chi connectivity index (χ2v) is 8.45. The number of likely N-dealkylation sites (N-methyl/N-ethyl adjacent to an activating group) is 1. The van der Waals surface area contributed by atoms with Gasteiger partial charge in [-0.05, 0) is 37.3 Å². The van der Waals surface area contributed by atoms with Crippen LogP contribution in [0, 0.1) is 6.92 Å². The summed E-state index contributed by atoms with van der Waals surface area (Å²) in [4.78, 5) is 23.4. The van der Waals surface area contributed by atoms with Crippen LogP contribution in [0.3, 0.4) is 0 Å². The smallest absolute Gasteiger partial charge is 0.243 e. The molecular weight excluding hydrogens is 390 g/mol. The number of hydrogen-bond donors (Lipinski definition) is 2. The molecule has 27 heavy (non-hydrogen) atoms. The summed E-state index contributed by atoms with van der Waals surface area (Å²) < 4.78 is 26.0. The average Bonchev–Trinajstić information content (AvgIpc) is 2.57. The van der Waals surface area contributed by atoms with Crippen LogP contribution in [0.5, 0.6) is 0 Å². The molecule has 0 aliphatic carbocycles. The van der Waals surface area contributed by atoms with Gasteiger partial charge < -0.3 is 10.6 Å². The Balaban J connectivity index is 2.05. The SMILES string of the molecule is CC(=O)Nc1ccc(NC(=O)CN(C)S(=O)(=O)c2ccc(C)cc2)cc1Cl. The third-order valence-corrected chi connectivity index (χ3v) is 5.79. The number of halogens is 1. The van der Waals surface area contributed by atoms with Gasteiger partial charge in [0.25, 0.3) is 0 Å². The Bertz CT molecular complexity index is 959. The summed E-state index contributed by atoms with van der Waals surface area (Å²) in [5.74, 6) is -0.784. The highest BCUT2D eigenvalue weighted by Crippen LogP contribution is 2.25. The first-order valence-electron chi connectivity index (χ1n) is 7.99. The van der Waals surface area contributed by atoms with Crippen LogP contribution in [-0.4, -0.2) is 38.1 Å². The fourth-order valence-electron chi connectivity index (χ4n) is 2.26. The molecule has 0 unspecified atom stereocenters. The highest BCUT2D eigenvalue weighted by atomic mass is 35.5. The van der Waals surface area contributed by atoms with E-state index in [1.807, 2.05) is 6.92 Å². The standard InChI is InChI=1S/C18H20ClN3O4S/c1-12-4-7-15(8-5-12)27(25,26)22(3)11-18(24)21-14-6-9-17(16(19)10-14)20-13(2)23/h4-10H,11H2,1-3H3,(H,20,23)(H,21,24). The molecule has 144 valence electrons. The van der Waals surface area contributed by atoms with E-state index in [1.165, 1.54) is 32.2 Å². The molecule has 0 spiro atoms. The van der Waals surface area contributed by atoms with Gasteiger partial charge >= 0.3 is 0 Å². The molecule has 7 nitrogen and oxygen atoms in total. The first-order valence-corrected chi connectivity index (χ1v) is 9.81. The summed E-state index contributed by atoms with van der Waals surface area (Å²) in [7, 11) is -2.44. The Morgan fingerprint density at radius 1 is 1.07 bits per heavy atom. The minimum absolute atomic E-state index is 0.117. The lowest BCUT2D eigenvalue weighted by atomic mass is 10.2. The number of aryl methyl sites for hydroxylation is 1. The van der Waals surface area contributed by atoms with Crippen molar-refractivity contribution in [2.45, 2.75) is 18.7 Å². The zero-order valence-electron chi connectivity index (χ0n) is 15.1. The van der Waals surface area contributed by atoms with Crippen LogP contribution in [0.2, 0.25) is 5.02 Å². The quantitative estimate of drug-likeness (QED) is 0.766. The number of rotatable bonds is 6. The summed E-state index contributed by atoms with van der Waals surface area (Å²) >= 11 is 6.06. The van der Waals surface area contributed by atoms with Crippen LogP contribution in [-0.2, 0) is 19.6 Å². The highest BCUT2D eigenvalue weighted by molar-refractivity contribution is 7.89. The number of sulfonamides is 1. The Morgan fingerprint density at radius 3 is 2.26 bits per heavy atom. The van der Waals surface area contributed by atoms with Gasteiger partial charge in [-0.15, -0.1) is 0 Å². The molecular formula is C18H20ClN3O4S. The molecule has 0 bridgehead atoms. The average molecular weight is 410 g/mol. The first kappa shape index (κ1) is 20.9. The lowest BCUT2D eigenvalue weighted by Crippen LogP contribution is -2.34. The monoisotopic (exact) mass is 409 g/mol. The predicted molar refractivity (Wildman–Crippen MR) is 105 cm³/mol. The van der Waals surface area contributed by atoms with Crippen molar-refractivity contribution in [2.75, 3.05) is 24.2 Å². The number of anilines is 2. The number of hydrogen-bond acceptors (Lipinski definition) is 4. The summed E-state index contributed by atoms with van der Waals surface area (Å²) in [6, 6.07) is 11.0. The second kappa shape index (κ2) is 8.51. The van der Waals surface area contributed by atoms with E-state index in [9.17, 15) is 18.0 Å². The van der Waals surface area contributed by atoms with Crippen molar-refractivity contribution in [3.05, 3.63) is 53.1 Å². The molecule has 2 amide bonds. The largest absolute Gasteiger partial charge is 0.325 e. The van der Waals surface area contributed by atoms with E-state index in [4.69, 9.17) is 11.6 Å². The van der Waals surface area contributed by atoms with Crippen LogP contribution in [0.15, 0.2) is 47.4 Å². The molecule has 2 aromatic rings. The second-order valence-electron chi connectivity index (χ2n) is 6.00. The van der Waals surface area contributed by atoms with E-state index in [0.717, 1.165) is 9.87 Å². The van der Waals surface area contributed by atoms with Gasteiger partial charge in [-0.2, -0.15) is 4.31 Å². The maximum atomic E-state index is 12.5. The Morgan fingerprint density at radius 2 is 1.70 bits per heavy atom. The van der Waals surface area contributed by atoms with E-state index in [1.54, 1.807) is 24.3 Å². The molecule has 0 aliphatic rings. The molecule has 0 atom stereocenters. The Labute approximate surface area is 163 Å². The molecule has 0 fully saturated rings. The molecule has 0 saturated heterocycles. The zero-order chi connectivity index (χ0) is 20.2. The lowest BCUT2D eigenvalue weighted by Gasteiger charge is -2.17. The van der Waals surface area contributed by atoms with Crippen molar-refractivity contribution in [3.63, 3.8) is 0 Å². The molecule has 0 heterocycles. The van der Waals surface area contributed by atoms with Crippen molar-refractivity contribution < 1.29 is 18.0 Å². The van der Waals surface area contributed by atoms with Gasteiger partial charge in [0.05, 0.1) is 22.2 Å². The van der Waals surface area contributed by atoms with E-state index < -0.39 is 15.9 Å². The van der Waals surface area contributed by atoms with Gasteiger partial charge in [-0.1, -0.05) is 29.3 Å². The number of carbonyl (C=O) groups is 2. The molecule has 2 rings (SSSR count). The van der Waals surface area contributed by atoms with Crippen molar-refractivity contribution >= 4 is 44.8 Å². The fourth-order valence-corrected chi connectivity index (χ4v) is 3.62. The number of nitrogens with one attached hydrogen (secondary N) is 2. The number of amides is 2. The molecule has 9 heteroatoms.